The van der Waals surface area contributed by atoms with Crippen molar-refractivity contribution in [2.45, 2.75) is 26.7 Å². The van der Waals surface area contributed by atoms with Gasteiger partial charge in [-0.25, -0.2) is 8.42 Å². The third-order valence-electron chi connectivity index (χ3n) is 4.24. The van der Waals surface area contributed by atoms with Crippen LogP contribution in [0.5, 0.6) is 0 Å². The number of aryl methyl sites for hydroxylation is 2. The second-order valence-corrected chi connectivity index (χ2v) is 8.13. The fourth-order valence-corrected chi connectivity index (χ4v) is 3.80. The van der Waals surface area contributed by atoms with E-state index in [0.29, 0.717) is 0 Å². The molecule has 2 rings (SSSR count). The van der Waals surface area contributed by atoms with Gasteiger partial charge in [-0.2, -0.15) is 5.26 Å². The molecule has 0 aliphatic carbocycles. The molecule has 7 heteroatoms. The number of carbonyl (C=O) groups is 1. The summed E-state index contributed by atoms with van der Waals surface area (Å²) in [6.45, 7) is 3.88. The van der Waals surface area contributed by atoms with Crippen molar-refractivity contribution in [3.05, 3.63) is 59.2 Å². The predicted molar refractivity (Wildman–Crippen MR) is 107 cm³/mol. The van der Waals surface area contributed by atoms with Gasteiger partial charge >= 0.3 is 0 Å². The van der Waals surface area contributed by atoms with Crippen LogP contribution in [0.25, 0.3) is 0 Å². The fourth-order valence-electron chi connectivity index (χ4n) is 2.86. The first-order valence-corrected chi connectivity index (χ1v) is 10.5. The van der Waals surface area contributed by atoms with Crippen LogP contribution in [-0.2, 0) is 21.2 Å². The summed E-state index contributed by atoms with van der Waals surface area (Å²) in [4.78, 5) is 12.5. The Morgan fingerprint density at radius 1 is 1.19 bits per heavy atom. The largest absolute Gasteiger partial charge is 0.326 e. The summed E-state index contributed by atoms with van der Waals surface area (Å²) >= 11 is 0. The molecular formula is C20H23N3O3S. The number of benzene rings is 2. The van der Waals surface area contributed by atoms with Gasteiger partial charge in [0.15, 0.2) is 0 Å². The zero-order chi connectivity index (χ0) is 20.0. The molecule has 0 atom stereocenters. The van der Waals surface area contributed by atoms with E-state index in [4.69, 9.17) is 0 Å². The number of nitrogens with zero attached hydrogens (tertiary/aromatic N) is 2. The number of rotatable bonds is 7. The van der Waals surface area contributed by atoms with Crippen molar-refractivity contribution in [1.82, 2.24) is 0 Å². The number of nitriles is 1. The number of anilines is 2. The maximum atomic E-state index is 12.5. The van der Waals surface area contributed by atoms with E-state index in [2.05, 4.69) is 5.32 Å². The van der Waals surface area contributed by atoms with Crippen LogP contribution in [0, 0.1) is 18.3 Å². The van der Waals surface area contributed by atoms with Crippen molar-refractivity contribution < 1.29 is 13.2 Å². The van der Waals surface area contributed by atoms with Crippen LogP contribution in [0.2, 0.25) is 0 Å². The number of hydrogen-bond donors (Lipinski definition) is 1. The van der Waals surface area contributed by atoms with Gasteiger partial charge in [0.1, 0.15) is 6.07 Å². The van der Waals surface area contributed by atoms with Crippen LogP contribution in [0.3, 0.4) is 0 Å². The first-order chi connectivity index (χ1) is 12.8. The van der Waals surface area contributed by atoms with Crippen LogP contribution >= 0.6 is 0 Å². The molecule has 0 aromatic heterocycles. The SMILES string of the molecule is CCc1cccc(C)c1NC(=O)CCN(c1ccccc1C#N)S(C)(=O)=O. The molecule has 0 aliphatic heterocycles. The van der Waals surface area contributed by atoms with Gasteiger partial charge in [0.25, 0.3) is 0 Å². The van der Waals surface area contributed by atoms with Crippen LogP contribution < -0.4 is 9.62 Å². The minimum absolute atomic E-state index is 0.0235. The Kier molecular flexibility index (Phi) is 6.59. The van der Waals surface area contributed by atoms with Crippen molar-refractivity contribution in [3.8, 4) is 6.07 Å². The Morgan fingerprint density at radius 3 is 2.52 bits per heavy atom. The molecule has 1 amide bonds. The monoisotopic (exact) mass is 385 g/mol. The van der Waals surface area contributed by atoms with Crippen molar-refractivity contribution in [2.75, 3.05) is 22.4 Å². The molecule has 0 saturated carbocycles. The fraction of sp³-hybridized carbons (Fsp3) is 0.300. The molecular weight excluding hydrogens is 362 g/mol. The molecule has 2 aromatic rings. The molecule has 1 N–H and O–H groups in total. The highest BCUT2D eigenvalue weighted by atomic mass is 32.2. The average molecular weight is 385 g/mol. The molecule has 0 fully saturated rings. The van der Waals surface area contributed by atoms with E-state index in [9.17, 15) is 18.5 Å². The van der Waals surface area contributed by atoms with E-state index in [-0.39, 0.29) is 30.1 Å². The Morgan fingerprint density at radius 2 is 1.89 bits per heavy atom. The second kappa shape index (κ2) is 8.69. The highest BCUT2D eigenvalue weighted by molar-refractivity contribution is 7.92. The highest BCUT2D eigenvalue weighted by Crippen LogP contribution is 2.24. The summed E-state index contributed by atoms with van der Waals surface area (Å²) in [6.07, 6.45) is 1.82. The first kappa shape index (κ1) is 20.5. The lowest BCUT2D eigenvalue weighted by Crippen LogP contribution is -2.33. The molecule has 0 unspecified atom stereocenters. The van der Waals surface area contributed by atoms with E-state index < -0.39 is 10.0 Å². The van der Waals surface area contributed by atoms with E-state index in [0.717, 1.165) is 33.8 Å². The maximum absolute atomic E-state index is 12.5. The van der Waals surface area contributed by atoms with Gasteiger partial charge in [-0.3, -0.25) is 9.10 Å². The Bertz CT molecular complexity index is 978. The average Bonchev–Trinajstić information content (AvgIpc) is 2.62. The Labute approximate surface area is 160 Å². The van der Waals surface area contributed by atoms with Crippen molar-refractivity contribution in [2.24, 2.45) is 0 Å². The minimum atomic E-state index is -3.64. The molecule has 142 valence electrons. The van der Waals surface area contributed by atoms with Gasteiger partial charge in [-0.15, -0.1) is 0 Å². The summed E-state index contributed by atoms with van der Waals surface area (Å²) in [5.41, 5.74) is 3.28. The van der Waals surface area contributed by atoms with E-state index in [1.807, 2.05) is 38.1 Å². The van der Waals surface area contributed by atoms with Gasteiger partial charge in [0, 0.05) is 18.7 Å². The number of para-hydroxylation sites is 2. The van der Waals surface area contributed by atoms with Crippen LogP contribution in [0.15, 0.2) is 42.5 Å². The molecule has 27 heavy (non-hydrogen) atoms. The Balaban J connectivity index is 2.19. The van der Waals surface area contributed by atoms with Gasteiger partial charge < -0.3 is 5.32 Å². The van der Waals surface area contributed by atoms with Crippen molar-refractivity contribution in [1.29, 1.82) is 5.26 Å². The topological polar surface area (TPSA) is 90.3 Å². The Hall–Kier alpha value is -2.85. The van der Waals surface area contributed by atoms with Crippen LogP contribution in [0.1, 0.15) is 30.0 Å². The normalized spacial score (nSPS) is 10.9. The molecule has 6 nitrogen and oxygen atoms in total. The summed E-state index contributed by atoms with van der Waals surface area (Å²) in [6, 6.07) is 14.2. The maximum Gasteiger partial charge on any atom is 0.232 e. The predicted octanol–water partition coefficient (Wildman–Crippen LogP) is 3.22. The molecule has 0 spiro atoms. The number of sulfonamides is 1. The summed E-state index contributed by atoms with van der Waals surface area (Å²) < 4.78 is 25.5. The molecule has 0 saturated heterocycles. The van der Waals surface area contributed by atoms with Crippen LogP contribution in [0.4, 0.5) is 11.4 Å². The summed E-state index contributed by atoms with van der Waals surface area (Å²) in [5.74, 6) is -0.276. The second-order valence-electron chi connectivity index (χ2n) is 6.22. The zero-order valence-corrected chi connectivity index (χ0v) is 16.5. The molecule has 0 aliphatic rings. The first-order valence-electron chi connectivity index (χ1n) is 8.63. The number of carbonyl (C=O) groups excluding carboxylic acids is 1. The van der Waals surface area contributed by atoms with Gasteiger partial charge in [0.05, 0.1) is 17.5 Å². The van der Waals surface area contributed by atoms with E-state index in [1.165, 1.54) is 0 Å². The zero-order valence-electron chi connectivity index (χ0n) is 15.7. The lowest BCUT2D eigenvalue weighted by atomic mass is 10.1. The molecule has 2 aromatic carbocycles. The summed E-state index contributed by atoms with van der Waals surface area (Å²) in [7, 11) is -3.64. The third-order valence-corrected chi connectivity index (χ3v) is 5.42. The molecule has 0 radical (unpaired) electrons. The number of nitrogens with one attached hydrogen (secondary N) is 1. The van der Waals surface area contributed by atoms with Crippen molar-refractivity contribution in [3.63, 3.8) is 0 Å². The van der Waals surface area contributed by atoms with Gasteiger partial charge in [-0.05, 0) is 36.6 Å². The van der Waals surface area contributed by atoms with Crippen LogP contribution in [-0.4, -0.2) is 27.1 Å². The van der Waals surface area contributed by atoms with E-state index >= 15 is 0 Å². The van der Waals surface area contributed by atoms with Gasteiger partial charge in [-0.1, -0.05) is 37.3 Å². The molecule has 0 bridgehead atoms. The quantitative estimate of drug-likeness (QED) is 0.792. The van der Waals surface area contributed by atoms with Crippen molar-refractivity contribution >= 4 is 27.3 Å². The summed E-state index contributed by atoms with van der Waals surface area (Å²) in [5, 5.41) is 12.1. The van der Waals surface area contributed by atoms with Gasteiger partial charge in [0.2, 0.25) is 15.9 Å². The van der Waals surface area contributed by atoms with E-state index in [1.54, 1.807) is 24.3 Å². The lowest BCUT2D eigenvalue weighted by Gasteiger charge is -2.23. The smallest absolute Gasteiger partial charge is 0.232 e. The standard InChI is InChI=1S/C20H23N3O3S/c1-4-16-10-7-8-15(2)20(16)22-19(24)12-13-23(27(3,25)26)18-11-6-5-9-17(18)14-21/h5-11H,4,12-13H2,1-3H3,(H,22,24). The lowest BCUT2D eigenvalue weighted by molar-refractivity contribution is -0.116. The number of hydrogen-bond acceptors (Lipinski definition) is 4. The minimum Gasteiger partial charge on any atom is -0.326 e. The third kappa shape index (κ3) is 5.08. The highest BCUT2D eigenvalue weighted by Gasteiger charge is 2.21. The molecule has 0 heterocycles. The number of amides is 1.